The van der Waals surface area contributed by atoms with Crippen molar-refractivity contribution in [1.29, 1.82) is 0 Å². The first kappa shape index (κ1) is 12.8. The van der Waals surface area contributed by atoms with Crippen molar-refractivity contribution in [3.63, 3.8) is 0 Å². The smallest absolute Gasteiger partial charge is 0.315 e. The highest BCUT2D eigenvalue weighted by Gasteiger charge is 2.23. The maximum absolute atomic E-state index is 11.5. The Balaban J connectivity index is 2.27. The van der Waals surface area contributed by atoms with Crippen molar-refractivity contribution in [2.45, 2.75) is 39.2 Å². The van der Waals surface area contributed by atoms with Gasteiger partial charge in [0.1, 0.15) is 0 Å². The van der Waals surface area contributed by atoms with Crippen LogP contribution in [0.15, 0.2) is 0 Å². The van der Waals surface area contributed by atoms with E-state index in [0.29, 0.717) is 12.5 Å². The number of carboxylic acid groups (broad SMARTS) is 1. The molecule has 0 aliphatic heterocycles. The lowest BCUT2D eigenvalue weighted by Crippen LogP contribution is -2.45. The number of carbonyl (C=O) groups is 2. The zero-order chi connectivity index (χ0) is 12.1. The third kappa shape index (κ3) is 5.00. The van der Waals surface area contributed by atoms with Gasteiger partial charge in [0.2, 0.25) is 0 Å². The summed E-state index contributed by atoms with van der Waals surface area (Å²) in [6.45, 7) is 4.49. The number of rotatable bonds is 6. The van der Waals surface area contributed by atoms with Crippen LogP contribution < -0.4 is 10.6 Å². The van der Waals surface area contributed by atoms with Crippen molar-refractivity contribution in [1.82, 2.24) is 10.6 Å². The molecule has 1 fully saturated rings. The molecule has 3 N–H and O–H groups in total. The number of urea groups is 1. The van der Waals surface area contributed by atoms with E-state index in [1.807, 2.05) is 13.8 Å². The van der Waals surface area contributed by atoms with Gasteiger partial charge < -0.3 is 15.7 Å². The Morgan fingerprint density at radius 1 is 1.38 bits per heavy atom. The maximum atomic E-state index is 11.5. The predicted molar refractivity (Wildman–Crippen MR) is 60.1 cm³/mol. The minimum absolute atomic E-state index is 0.0332. The summed E-state index contributed by atoms with van der Waals surface area (Å²) in [5.74, 6) is -0.147. The Hall–Kier alpha value is -1.26. The van der Waals surface area contributed by atoms with E-state index in [9.17, 15) is 9.59 Å². The van der Waals surface area contributed by atoms with Gasteiger partial charge in [-0.05, 0) is 24.7 Å². The second-order valence-corrected chi connectivity index (χ2v) is 4.75. The molecular formula is C11H20N2O3. The Morgan fingerprint density at radius 2 is 2.00 bits per heavy atom. The molecule has 92 valence electrons. The van der Waals surface area contributed by atoms with Gasteiger partial charge in [-0.15, -0.1) is 0 Å². The average molecular weight is 228 g/mol. The summed E-state index contributed by atoms with van der Waals surface area (Å²) in [7, 11) is 0. The lowest BCUT2D eigenvalue weighted by atomic mass is 10.0. The lowest BCUT2D eigenvalue weighted by Gasteiger charge is -2.20. The number of aliphatic carboxylic acids is 1. The molecule has 0 aromatic heterocycles. The van der Waals surface area contributed by atoms with Gasteiger partial charge in [-0.25, -0.2) is 4.79 Å². The molecule has 1 atom stereocenters. The van der Waals surface area contributed by atoms with E-state index in [4.69, 9.17) is 5.11 Å². The summed E-state index contributed by atoms with van der Waals surface area (Å²) < 4.78 is 0. The largest absolute Gasteiger partial charge is 0.481 e. The summed E-state index contributed by atoms with van der Waals surface area (Å²) in [4.78, 5) is 22.1. The predicted octanol–water partition coefficient (Wildman–Crippen LogP) is 1.19. The van der Waals surface area contributed by atoms with E-state index >= 15 is 0 Å². The fourth-order valence-corrected chi connectivity index (χ4v) is 1.42. The average Bonchev–Trinajstić information content (AvgIpc) is 2.96. The standard InChI is InChI=1S/C11H20N2O3/c1-7(2)9(5-10(14)15)13-11(16)12-6-8-3-4-8/h7-9H,3-6H2,1-2H3,(H,14,15)(H2,12,13,16). The Kier molecular flexibility index (Phi) is 4.58. The van der Waals surface area contributed by atoms with E-state index in [1.165, 1.54) is 12.8 Å². The minimum Gasteiger partial charge on any atom is -0.481 e. The summed E-state index contributed by atoms with van der Waals surface area (Å²) in [6, 6.07) is -0.566. The molecule has 0 aromatic carbocycles. The Labute approximate surface area is 95.6 Å². The Morgan fingerprint density at radius 3 is 2.44 bits per heavy atom. The monoisotopic (exact) mass is 228 g/mol. The molecule has 1 aliphatic carbocycles. The van der Waals surface area contributed by atoms with Crippen LogP contribution in [-0.2, 0) is 4.79 Å². The molecule has 5 nitrogen and oxygen atoms in total. The number of carbonyl (C=O) groups excluding carboxylic acids is 1. The van der Waals surface area contributed by atoms with E-state index in [2.05, 4.69) is 10.6 Å². The zero-order valence-corrected chi connectivity index (χ0v) is 9.82. The molecule has 0 spiro atoms. The van der Waals surface area contributed by atoms with Gasteiger partial charge >= 0.3 is 12.0 Å². The van der Waals surface area contributed by atoms with E-state index in [-0.39, 0.29) is 24.4 Å². The van der Waals surface area contributed by atoms with Crippen molar-refractivity contribution in [3.8, 4) is 0 Å². The second kappa shape index (κ2) is 5.72. The third-order valence-electron chi connectivity index (χ3n) is 2.76. The molecule has 0 aromatic rings. The molecule has 0 saturated heterocycles. The molecule has 5 heteroatoms. The fourth-order valence-electron chi connectivity index (χ4n) is 1.42. The molecule has 1 aliphatic rings. The van der Waals surface area contributed by atoms with Crippen LogP contribution in [0, 0.1) is 11.8 Å². The van der Waals surface area contributed by atoms with Gasteiger partial charge in [-0.1, -0.05) is 13.8 Å². The zero-order valence-electron chi connectivity index (χ0n) is 9.82. The van der Waals surface area contributed by atoms with Gasteiger partial charge in [0.25, 0.3) is 0 Å². The van der Waals surface area contributed by atoms with Gasteiger partial charge in [-0.3, -0.25) is 4.79 Å². The first-order valence-electron chi connectivity index (χ1n) is 5.75. The first-order chi connectivity index (χ1) is 7.49. The number of hydrogen-bond donors (Lipinski definition) is 3. The molecule has 2 amide bonds. The van der Waals surface area contributed by atoms with Gasteiger partial charge in [-0.2, -0.15) is 0 Å². The second-order valence-electron chi connectivity index (χ2n) is 4.75. The molecule has 16 heavy (non-hydrogen) atoms. The maximum Gasteiger partial charge on any atom is 0.315 e. The molecule has 1 unspecified atom stereocenters. The molecule has 0 bridgehead atoms. The number of hydrogen-bond acceptors (Lipinski definition) is 2. The van der Waals surface area contributed by atoms with E-state index in [0.717, 1.165) is 0 Å². The quantitative estimate of drug-likeness (QED) is 0.639. The highest BCUT2D eigenvalue weighted by atomic mass is 16.4. The molecular weight excluding hydrogens is 208 g/mol. The number of carboxylic acids is 1. The minimum atomic E-state index is -0.888. The number of amides is 2. The summed E-state index contributed by atoms with van der Waals surface area (Å²) in [5, 5.41) is 14.2. The van der Waals surface area contributed by atoms with Crippen LogP contribution in [-0.4, -0.2) is 29.7 Å². The van der Waals surface area contributed by atoms with Crippen LogP contribution in [0.25, 0.3) is 0 Å². The highest BCUT2D eigenvalue weighted by Crippen LogP contribution is 2.27. The van der Waals surface area contributed by atoms with Crippen molar-refractivity contribution in [2.75, 3.05) is 6.54 Å². The summed E-state index contributed by atoms with van der Waals surface area (Å²) in [6.07, 6.45) is 2.33. The first-order valence-corrected chi connectivity index (χ1v) is 5.75. The van der Waals surface area contributed by atoms with Crippen LogP contribution in [0.2, 0.25) is 0 Å². The number of nitrogens with one attached hydrogen (secondary N) is 2. The van der Waals surface area contributed by atoms with Gasteiger partial charge in [0, 0.05) is 12.6 Å². The van der Waals surface area contributed by atoms with Crippen LogP contribution in [0.3, 0.4) is 0 Å². The lowest BCUT2D eigenvalue weighted by molar-refractivity contribution is -0.137. The van der Waals surface area contributed by atoms with Crippen molar-refractivity contribution < 1.29 is 14.7 Å². The van der Waals surface area contributed by atoms with Crippen LogP contribution >= 0.6 is 0 Å². The van der Waals surface area contributed by atoms with Gasteiger partial charge in [0.15, 0.2) is 0 Å². The molecule has 1 saturated carbocycles. The van der Waals surface area contributed by atoms with Crippen molar-refractivity contribution in [3.05, 3.63) is 0 Å². The molecule has 0 radical (unpaired) electrons. The van der Waals surface area contributed by atoms with Crippen LogP contribution in [0.4, 0.5) is 4.79 Å². The van der Waals surface area contributed by atoms with Crippen molar-refractivity contribution >= 4 is 12.0 Å². The van der Waals surface area contributed by atoms with Crippen LogP contribution in [0.5, 0.6) is 0 Å². The molecule has 1 rings (SSSR count). The SMILES string of the molecule is CC(C)C(CC(=O)O)NC(=O)NCC1CC1. The normalized spacial score (nSPS) is 16.9. The topological polar surface area (TPSA) is 78.4 Å². The fraction of sp³-hybridized carbons (Fsp3) is 0.818. The summed E-state index contributed by atoms with van der Waals surface area (Å²) >= 11 is 0. The van der Waals surface area contributed by atoms with E-state index in [1.54, 1.807) is 0 Å². The van der Waals surface area contributed by atoms with E-state index < -0.39 is 5.97 Å². The molecule has 0 heterocycles. The van der Waals surface area contributed by atoms with Crippen molar-refractivity contribution in [2.24, 2.45) is 11.8 Å². The third-order valence-corrected chi connectivity index (χ3v) is 2.76. The highest BCUT2D eigenvalue weighted by molar-refractivity contribution is 5.75. The summed E-state index contributed by atoms with van der Waals surface area (Å²) in [5.41, 5.74) is 0. The van der Waals surface area contributed by atoms with Gasteiger partial charge in [0.05, 0.1) is 6.42 Å². The Bertz CT molecular complexity index is 262. The van der Waals surface area contributed by atoms with Crippen LogP contribution in [0.1, 0.15) is 33.1 Å².